The largest absolute Gasteiger partial charge is 0.481 e. The molecule has 1 aromatic heterocycles. The van der Waals surface area contributed by atoms with Crippen LogP contribution in [0.15, 0.2) is 65.8 Å². The summed E-state index contributed by atoms with van der Waals surface area (Å²) in [7, 11) is -3.71. The number of carboxylic acids is 1. The van der Waals surface area contributed by atoms with Gasteiger partial charge in [0, 0.05) is 55.2 Å². The van der Waals surface area contributed by atoms with Gasteiger partial charge < -0.3 is 14.9 Å². The van der Waals surface area contributed by atoms with E-state index in [0.29, 0.717) is 31.0 Å². The van der Waals surface area contributed by atoms with Crippen LogP contribution in [0.25, 0.3) is 10.8 Å². The molecular weight excluding hydrogens is 502 g/mol. The Morgan fingerprint density at radius 1 is 1.00 bits per heavy atom. The number of amides is 1. The molecule has 0 bridgehead atoms. The lowest BCUT2D eigenvalue weighted by molar-refractivity contribution is -0.139. The molecule has 0 unspecified atom stereocenters. The van der Waals surface area contributed by atoms with Crippen molar-refractivity contribution in [1.29, 1.82) is 0 Å². The second kappa shape index (κ2) is 11.3. The van der Waals surface area contributed by atoms with Gasteiger partial charge in [-0.1, -0.05) is 23.7 Å². The molecule has 190 valence electrons. The van der Waals surface area contributed by atoms with E-state index < -0.39 is 15.8 Å². The number of sulfone groups is 1. The van der Waals surface area contributed by atoms with Gasteiger partial charge in [0.2, 0.25) is 5.91 Å². The van der Waals surface area contributed by atoms with Crippen molar-refractivity contribution < 1.29 is 23.1 Å². The molecule has 1 aliphatic heterocycles. The van der Waals surface area contributed by atoms with Crippen LogP contribution in [-0.2, 0) is 19.4 Å². The van der Waals surface area contributed by atoms with Gasteiger partial charge in [-0.15, -0.1) is 0 Å². The molecule has 10 heteroatoms. The van der Waals surface area contributed by atoms with E-state index in [-0.39, 0.29) is 42.0 Å². The van der Waals surface area contributed by atoms with Crippen molar-refractivity contribution in [3.05, 3.63) is 65.9 Å². The summed E-state index contributed by atoms with van der Waals surface area (Å²) in [6.45, 7) is 1.49. The number of aliphatic carboxylic acids is 1. The van der Waals surface area contributed by atoms with Crippen molar-refractivity contribution in [3.8, 4) is 0 Å². The number of nitrogens with zero attached hydrogens (tertiary/aromatic N) is 3. The summed E-state index contributed by atoms with van der Waals surface area (Å²) >= 11 is 6.01. The average Bonchev–Trinajstić information content (AvgIpc) is 2.88. The molecule has 1 fully saturated rings. The highest BCUT2D eigenvalue weighted by Crippen LogP contribution is 2.25. The van der Waals surface area contributed by atoms with E-state index in [9.17, 15) is 23.1 Å². The van der Waals surface area contributed by atoms with Crippen LogP contribution in [0.3, 0.4) is 0 Å². The number of pyridine rings is 1. The van der Waals surface area contributed by atoms with Gasteiger partial charge in [-0.05, 0) is 60.0 Å². The maximum absolute atomic E-state index is 13.2. The highest BCUT2D eigenvalue weighted by atomic mass is 35.5. The molecule has 0 spiro atoms. The summed E-state index contributed by atoms with van der Waals surface area (Å²) in [5.41, 5.74) is 1.05. The Morgan fingerprint density at radius 3 is 2.36 bits per heavy atom. The van der Waals surface area contributed by atoms with Crippen molar-refractivity contribution >= 4 is 49.8 Å². The van der Waals surface area contributed by atoms with Crippen molar-refractivity contribution in [2.45, 2.75) is 36.6 Å². The lowest BCUT2D eigenvalue weighted by Gasteiger charge is -2.39. The maximum Gasteiger partial charge on any atom is 0.305 e. The van der Waals surface area contributed by atoms with Gasteiger partial charge in [0.25, 0.3) is 0 Å². The summed E-state index contributed by atoms with van der Waals surface area (Å²) in [5, 5.41) is 11.3. The molecule has 1 N–H and O–H groups in total. The van der Waals surface area contributed by atoms with E-state index in [1.165, 1.54) is 6.07 Å². The molecule has 1 aliphatic rings. The predicted octanol–water partition coefficient (Wildman–Crippen LogP) is 4.02. The number of benzene rings is 2. The second-order valence-electron chi connectivity index (χ2n) is 8.88. The average molecular weight is 530 g/mol. The first-order chi connectivity index (χ1) is 17.2. The first-order valence-corrected chi connectivity index (χ1v) is 13.8. The fraction of sp³-hybridized carbons (Fsp3) is 0.346. The lowest BCUT2D eigenvalue weighted by Crippen LogP contribution is -2.48. The van der Waals surface area contributed by atoms with Crippen LogP contribution < -0.4 is 4.90 Å². The quantitative estimate of drug-likeness (QED) is 0.446. The third kappa shape index (κ3) is 6.33. The lowest BCUT2D eigenvalue weighted by atomic mass is 10.0. The van der Waals surface area contributed by atoms with Crippen LogP contribution in [0.4, 0.5) is 5.69 Å². The van der Waals surface area contributed by atoms with Gasteiger partial charge in [0.1, 0.15) is 0 Å². The fourth-order valence-electron chi connectivity index (χ4n) is 4.59. The molecule has 0 aliphatic carbocycles. The third-order valence-corrected chi connectivity index (χ3v) is 8.49. The van der Waals surface area contributed by atoms with Gasteiger partial charge in [0.15, 0.2) is 9.84 Å². The molecule has 0 radical (unpaired) electrons. The van der Waals surface area contributed by atoms with Crippen molar-refractivity contribution in [2.24, 2.45) is 0 Å². The summed E-state index contributed by atoms with van der Waals surface area (Å²) in [5.74, 6) is -1.68. The third-order valence-electron chi connectivity index (χ3n) is 6.54. The first-order valence-electron chi connectivity index (χ1n) is 11.8. The SMILES string of the molecule is O=C(O)CCN(C(=O)CCS(=O)(=O)c1ccc2cc(Cl)ccc2c1)C1CCN(c2ccncc2)CC1. The summed E-state index contributed by atoms with van der Waals surface area (Å²) < 4.78 is 26.0. The predicted molar refractivity (Wildman–Crippen MR) is 139 cm³/mol. The number of carboxylic acid groups (broad SMARTS) is 1. The molecule has 2 heterocycles. The zero-order valence-electron chi connectivity index (χ0n) is 19.7. The number of carbonyl (C=O) groups is 2. The topological polar surface area (TPSA) is 108 Å². The van der Waals surface area contributed by atoms with Crippen molar-refractivity contribution in [1.82, 2.24) is 9.88 Å². The Morgan fingerprint density at radius 2 is 1.67 bits per heavy atom. The highest BCUT2D eigenvalue weighted by molar-refractivity contribution is 7.91. The van der Waals surface area contributed by atoms with Gasteiger partial charge in [-0.2, -0.15) is 0 Å². The first kappa shape index (κ1) is 25.9. The second-order valence-corrected chi connectivity index (χ2v) is 11.4. The summed E-state index contributed by atoms with van der Waals surface area (Å²) in [6.07, 6.45) is 4.42. The number of carbonyl (C=O) groups excluding carboxylic acids is 1. The summed E-state index contributed by atoms with van der Waals surface area (Å²) in [4.78, 5) is 32.3. The molecule has 1 saturated heterocycles. The number of piperidine rings is 1. The number of halogens is 1. The van der Waals surface area contributed by atoms with E-state index in [1.807, 2.05) is 12.1 Å². The molecule has 4 rings (SSSR count). The van der Waals surface area contributed by atoms with Gasteiger partial charge in [0.05, 0.1) is 17.1 Å². The number of fused-ring (bicyclic) bond motifs is 1. The molecule has 0 atom stereocenters. The van der Waals surface area contributed by atoms with E-state index >= 15 is 0 Å². The number of aromatic nitrogens is 1. The van der Waals surface area contributed by atoms with Crippen molar-refractivity contribution in [2.75, 3.05) is 30.3 Å². The zero-order valence-corrected chi connectivity index (χ0v) is 21.3. The van der Waals surface area contributed by atoms with Gasteiger partial charge >= 0.3 is 5.97 Å². The van der Waals surface area contributed by atoms with E-state index in [4.69, 9.17) is 11.6 Å². The molecule has 1 amide bonds. The Balaban J connectivity index is 1.42. The standard InChI is InChI=1S/C26H28ClN3O5S/c27-21-3-1-20-18-24(4-2-19(20)17-21)36(34,35)16-10-25(31)30(15-9-26(32)33)23-7-13-29(14-8-23)22-5-11-28-12-6-22/h1-6,11-12,17-18,23H,7-10,13-16H2,(H,32,33). The molecule has 3 aromatic rings. The van der Waals surface area contributed by atoms with Crippen LogP contribution in [-0.4, -0.2) is 66.7 Å². The van der Waals surface area contributed by atoms with Crippen LogP contribution in [0, 0.1) is 0 Å². The van der Waals surface area contributed by atoms with Crippen LogP contribution >= 0.6 is 11.6 Å². The minimum absolute atomic E-state index is 0.0604. The minimum Gasteiger partial charge on any atom is -0.481 e. The van der Waals surface area contributed by atoms with E-state index in [0.717, 1.165) is 16.5 Å². The van der Waals surface area contributed by atoms with Gasteiger partial charge in [-0.3, -0.25) is 14.6 Å². The zero-order chi connectivity index (χ0) is 25.7. The van der Waals surface area contributed by atoms with E-state index in [2.05, 4.69) is 9.88 Å². The maximum atomic E-state index is 13.2. The van der Waals surface area contributed by atoms with Crippen LogP contribution in [0.5, 0.6) is 0 Å². The molecular formula is C26H28ClN3O5S. The number of hydrogen-bond donors (Lipinski definition) is 1. The fourth-order valence-corrected chi connectivity index (χ4v) is 6.03. The van der Waals surface area contributed by atoms with Crippen LogP contribution in [0.2, 0.25) is 5.02 Å². The minimum atomic E-state index is -3.71. The van der Waals surface area contributed by atoms with E-state index in [1.54, 1.807) is 47.6 Å². The molecule has 8 nitrogen and oxygen atoms in total. The molecule has 36 heavy (non-hydrogen) atoms. The number of hydrogen-bond acceptors (Lipinski definition) is 6. The Bertz CT molecular complexity index is 1340. The van der Waals surface area contributed by atoms with Crippen molar-refractivity contribution in [3.63, 3.8) is 0 Å². The summed E-state index contributed by atoms with van der Waals surface area (Å²) in [6, 6.07) is 13.8. The Labute approximate surface area is 215 Å². The smallest absolute Gasteiger partial charge is 0.305 e. The highest BCUT2D eigenvalue weighted by Gasteiger charge is 2.29. The monoisotopic (exact) mass is 529 g/mol. The normalized spacial score (nSPS) is 14.6. The Hall–Kier alpha value is -3.17. The number of rotatable bonds is 9. The molecule has 0 saturated carbocycles. The Kier molecular flexibility index (Phi) is 8.11. The number of anilines is 1. The van der Waals surface area contributed by atoms with Gasteiger partial charge in [-0.25, -0.2) is 8.42 Å². The molecule has 2 aromatic carbocycles. The van der Waals surface area contributed by atoms with Crippen LogP contribution in [0.1, 0.15) is 25.7 Å².